The van der Waals surface area contributed by atoms with E-state index >= 15 is 0 Å². The molecule has 0 radical (unpaired) electrons. The van der Waals surface area contributed by atoms with Crippen LogP contribution >= 0.6 is 11.6 Å². The van der Waals surface area contributed by atoms with Crippen LogP contribution in [0.4, 0.5) is 0 Å². The molecule has 142 valence electrons. The van der Waals surface area contributed by atoms with Crippen molar-refractivity contribution in [1.29, 1.82) is 5.26 Å². The van der Waals surface area contributed by atoms with Gasteiger partial charge in [0.05, 0.1) is 23.2 Å². The molecule has 3 unspecified atom stereocenters. The molecule has 0 aromatic carbocycles. The van der Waals surface area contributed by atoms with E-state index in [-0.39, 0.29) is 11.9 Å². The Kier molecular flexibility index (Phi) is 5.07. The smallest absolute Gasteiger partial charge is 0.249 e. The summed E-state index contributed by atoms with van der Waals surface area (Å²) in [4.78, 5) is 12.7. The number of nitrogens with one attached hydrogen (secondary N) is 2. The van der Waals surface area contributed by atoms with Crippen LogP contribution in [0.25, 0.3) is 0 Å². The van der Waals surface area contributed by atoms with E-state index in [1.165, 1.54) is 0 Å². The summed E-state index contributed by atoms with van der Waals surface area (Å²) in [5, 5.41) is 16.5. The Hall–Kier alpha value is -2.29. The van der Waals surface area contributed by atoms with Crippen LogP contribution in [-0.2, 0) is 9.53 Å². The van der Waals surface area contributed by atoms with Crippen molar-refractivity contribution >= 4 is 17.5 Å². The van der Waals surface area contributed by atoms with Gasteiger partial charge in [-0.05, 0) is 57.1 Å². The Bertz CT molecular complexity index is 874. The Morgan fingerprint density at radius 2 is 2.11 bits per heavy atom. The first kappa shape index (κ1) is 19.5. The Balaban J connectivity index is 1.84. The number of carbonyl (C=O) groups is 1. The lowest BCUT2D eigenvalue weighted by Crippen LogP contribution is -2.53. The van der Waals surface area contributed by atoms with Gasteiger partial charge in [0, 0.05) is 29.8 Å². The van der Waals surface area contributed by atoms with Gasteiger partial charge in [-0.25, -0.2) is 0 Å². The number of nitrogens with zero attached hydrogens (tertiary/aromatic N) is 1. The first-order valence-corrected chi connectivity index (χ1v) is 9.33. The average Bonchev–Trinajstić information content (AvgIpc) is 2.62. The zero-order chi connectivity index (χ0) is 19.8. The van der Waals surface area contributed by atoms with Crippen LogP contribution in [0.15, 0.2) is 57.8 Å². The van der Waals surface area contributed by atoms with E-state index in [0.29, 0.717) is 29.0 Å². The summed E-state index contributed by atoms with van der Waals surface area (Å²) >= 11 is 6.16. The molecule has 0 bridgehead atoms. The summed E-state index contributed by atoms with van der Waals surface area (Å²) in [5.41, 5.74) is 2.08. The normalized spacial score (nSPS) is 31.1. The van der Waals surface area contributed by atoms with Crippen LogP contribution in [-0.4, -0.2) is 30.2 Å². The number of carbonyl (C=O) groups excluding carboxylic acids is 1. The van der Waals surface area contributed by atoms with Crippen LogP contribution in [0, 0.1) is 11.3 Å². The molecule has 0 saturated heterocycles. The molecule has 0 aromatic heterocycles. The minimum atomic E-state index is -0.669. The van der Waals surface area contributed by atoms with Crippen LogP contribution in [0.5, 0.6) is 0 Å². The summed E-state index contributed by atoms with van der Waals surface area (Å²) < 4.78 is 5.56. The van der Waals surface area contributed by atoms with Gasteiger partial charge in [-0.1, -0.05) is 17.7 Å². The molecule has 5 nitrogen and oxygen atoms in total. The minimum Gasteiger partial charge on any atom is -0.382 e. The Morgan fingerprint density at radius 3 is 2.78 bits per heavy atom. The minimum absolute atomic E-state index is 0.0831. The molecule has 3 rings (SSSR count). The SMILES string of the molecule is COC1(C)CC(NC(C)C2=CC3=CC(Cl)=CCC3(C)NC2=O)=CC=C1C#N. The van der Waals surface area contributed by atoms with Crippen LogP contribution in [0.1, 0.15) is 33.6 Å². The van der Waals surface area contributed by atoms with Crippen LogP contribution < -0.4 is 10.6 Å². The third-order valence-corrected chi connectivity index (χ3v) is 5.85. The summed E-state index contributed by atoms with van der Waals surface area (Å²) in [6, 6.07) is 1.99. The number of halogens is 1. The van der Waals surface area contributed by atoms with Crippen molar-refractivity contribution in [1.82, 2.24) is 10.6 Å². The lowest BCUT2D eigenvalue weighted by molar-refractivity contribution is -0.119. The van der Waals surface area contributed by atoms with Gasteiger partial charge in [0.15, 0.2) is 0 Å². The second-order valence-electron chi connectivity index (χ2n) is 7.64. The van der Waals surface area contributed by atoms with Crippen molar-refractivity contribution in [2.75, 3.05) is 7.11 Å². The largest absolute Gasteiger partial charge is 0.382 e. The number of nitriles is 1. The predicted molar refractivity (Wildman–Crippen MR) is 106 cm³/mol. The molecule has 1 heterocycles. The van der Waals surface area contributed by atoms with Gasteiger partial charge in [0.2, 0.25) is 5.91 Å². The maximum Gasteiger partial charge on any atom is 0.249 e. The molecule has 1 aliphatic heterocycles. The van der Waals surface area contributed by atoms with E-state index in [2.05, 4.69) is 16.7 Å². The number of ether oxygens (including phenoxy) is 1. The molecule has 0 aromatic rings. The number of hydrogen-bond donors (Lipinski definition) is 2. The molecular formula is C21H24ClN3O2. The van der Waals surface area contributed by atoms with E-state index in [9.17, 15) is 10.1 Å². The van der Waals surface area contributed by atoms with Gasteiger partial charge in [-0.15, -0.1) is 0 Å². The van der Waals surface area contributed by atoms with Crippen molar-refractivity contribution in [3.05, 3.63) is 57.8 Å². The zero-order valence-electron chi connectivity index (χ0n) is 16.0. The highest BCUT2D eigenvalue weighted by atomic mass is 35.5. The molecule has 0 saturated carbocycles. The van der Waals surface area contributed by atoms with Crippen molar-refractivity contribution in [3.63, 3.8) is 0 Å². The summed E-state index contributed by atoms with van der Waals surface area (Å²) in [6.45, 7) is 5.84. The fraction of sp³-hybridized carbons (Fsp3) is 0.429. The fourth-order valence-electron chi connectivity index (χ4n) is 3.66. The average molecular weight is 386 g/mol. The van der Waals surface area contributed by atoms with Crippen molar-refractivity contribution in [3.8, 4) is 6.07 Å². The highest BCUT2D eigenvalue weighted by Gasteiger charge is 2.38. The second-order valence-corrected chi connectivity index (χ2v) is 8.08. The topological polar surface area (TPSA) is 74.2 Å². The van der Waals surface area contributed by atoms with E-state index in [1.54, 1.807) is 13.2 Å². The number of allylic oxidation sites excluding steroid dienone is 4. The fourth-order valence-corrected chi connectivity index (χ4v) is 3.85. The summed E-state index contributed by atoms with van der Waals surface area (Å²) in [7, 11) is 1.60. The molecule has 1 amide bonds. The lowest BCUT2D eigenvalue weighted by atomic mass is 9.80. The number of methoxy groups -OCH3 is 1. The van der Waals surface area contributed by atoms with Gasteiger partial charge in [0.25, 0.3) is 0 Å². The number of hydrogen-bond acceptors (Lipinski definition) is 4. The standard InChI is InChI=1S/C21H24ClN3O2/c1-13(24-17-6-5-14(12-23)21(3,11-17)27-4)18-10-15-9-16(22)7-8-20(15,2)25-19(18)26/h5-7,9-10,13,24H,8,11H2,1-4H3,(H,25,26). The highest BCUT2D eigenvalue weighted by Crippen LogP contribution is 2.35. The van der Waals surface area contributed by atoms with Crippen molar-refractivity contribution in [2.24, 2.45) is 0 Å². The van der Waals surface area contributed by atoms with Crippen LogP contribution in [0.3, 0.4) is 0 Å². The molecule has 0 spiro atoms. The molecule has 27 heavy (non-hydrogen) atoms. The maximum atomic E-state index is 12.7. The zero-order valence-corrected chi connectivity index (χ0v) is 16.8. The number of rotatable bonds is 4. The first-order valence-electron chi connectivity index (χ1n) is 8.96. The van der Waals surface area contributed by atoms with Crippen molar-refractivity contribution < 1.29 is 9.53 Å². The van der Waals surface area contributed by atoms with E-state index in [0.717, 1.165) is 11.3 Å². The Morgan fingerprint density at radius 1 is 1.37 bits per heavy atom. The van der Waals surface area contributed by atoms with Crippen LogP contribution in [0.2, 0.25) is 0 Å². The highest BCUT2D eigenvalue weighted by molar-refractivity contribution is 6.31. The van der Waals surface area contributed by atoms with Gasteiger partial charge in [-0.2, -0.15) is 5.26 Å². The molecule has 2 aliphatic carbocycles. The summed E-state index contributed by atoms with van der Waals surface area (Å²) in [5.74, 6) is -0.0831. The molecular weight excluding hydrogens is 362 g/mol. The maximum absolute atomic E-state index is 12.7. The van der Waals surface area contributed by atoms with Crippen molar-refractivity contribution in [2.45, 2.75) is 50.8 Å². The van der Waals surface area contributed by atoms with Gasteiger partial charge >= 0.3 is 0 Å². The molecule has 0 fully saturated rings. The van der Waals surface area contributed by atoms with E-state index < -0.39 is 11.1 Å². The van der Waals surface area contributed by atoms with Gasteiger partial charge in [-0.3, -0.25) is 4.79 Å². The quantitative estimate of drug-likeness (QED) is 0.778. The summed E-state index contributed by atoms with van der Waals surface area (Å²) in [6.07, 6.45) is 10.6. The lowest BCUT2D eigenvalue weighted by Gasteiger charge is -2.39. The third kappa shape index (κ3) is 3.60. The third-order valence-electron chi connectivity index (χ3n) is 5.59. The molecule has 3 aliphatic rings. The molecule has 2 N–H and O–H groups in total. The molecule has 3 atom stereocenters. The second kappa shape index (κ2) is 7.03. The van der Waals surface area contributed by atoms with E-state index in [1.807, 2.05) is 45.1 Å². The van der Waals surface area contributed by atoms with Gasteiger partial charge in [0.1, 0.15) is 5.60 Å². The first-order chi connectivity index (χ1) is 12.7. The number of amides is 1. The predicted octanol–water partition coefficient (Wildman–Crippen LogP) is 3.37. The Labute approximate surface area is 165 Å². The molecule has 6 heteroatoms. The van der Waals surface area contributed by atoms with Gasteiger partial charge < -0.3 is 15.4 Å². The number of fused-ring (bicyclic) bond motifs is 1. The van der Waals surface area contributed by atoms with E-state index in [4.69, 9.17) is 16.3 Å². The monoisotopic (exact) mass is 385 g/mol.